The highest BCUT2D eigenvalue weighted by molar-refractivity contribution is 5.83. The summed E-state index contributed by atoms with van der Waals surface area (Å²) in [4.78, 5) is 11.6. The topological polar surface area (TPSA) is 50.7 Å². The van der Waals surface area contributed by atoms with Crippen LogP contribution < -0.4 is 10.2 Å². The number of carbonyl (C=O) groups excluding carboxylic acids is 1. The molecule has 0 aliphatic carbocycles. The zero-order valence-electron chi connectivity index (χ0n) is 13.7. The first-order valence-electron chi connectivity index (χ1n) is 7.25. The van der Waals surface area contributed by atoms with Crippen molar-refractivity contribution in [3.8, 4) is 5.75 Å². The van der Waals surface area contributed by atoms with Crippen molar-refractivity contribution in [3.05, 3.63) is 64.0 Å². The fourth-order valence-corrected chi connectivity index (χ4v) is 2.10. The molecular weight excluding hydrogens is 359 g/mol. The van der Waals surface area contributed by atoms with Crippen molar-refractivity contribution < 1.29 is 31.5 Å². The average molecular weight is 372 g/mol. The van der Waals surface area contributed by atoms with Crippen LogP contribution in [0.25, 0.3) is 0 Å². The second-order valence-corrected chi connectivity index (χ2v) is 5.39. The Morgan fingerprint density at radius 2 is 1.46 bits per heavy atom. The Labute approximate surface area is 145 Å². The van der Waals surface area contributed by atoms with Crippen LogP contribution in [0.15, 0.2) is 23.3 Å². The summed E-state index contributed by atoms with van der Waals surface area (Å²) in [6.07, 6.45) is 0.324. The summed E-state index contributed by atoms with van der Waals surface area (Å²) >= 11 is 0. The van der Waals surface area contributed by atoms with Crippen molar-refractivity contribution in [3.63, 3.8) is 0 Å². The van der Waals surface area contributed by atoms with Gasteiger partial charge in [0.2, 0.25) is 5.82 Å². The number of hydrogen-bond acceptors (Lipinski definition) is 3. The number of rotatable bonds is 5. The second-order valence-electron chi connectivity index (χ2n) is 5.39. The average Bonchev–Trinajstić information content (AvgIpc) is 2.58. The standard InChI is InChI=1S/C17H13F5N2O2/c1-8-3-9(2)5-10(4-8)26-7-12(25)24-23-6-11-13(18)15(20)17(22)16(21)14(11)19/h3-6H,7H2,1-2H3,(H,24,25). The second kappa shape index (κ2) is 7.94. The number of hydrazone groups is 1. The molecule has 0 bridgehead atoms. The van der Waals surface area contributed by atoms with Gasteiger partial charge in [-0.05, 0) is 37.1 Å². The third kappa shape index (κ3) is 4.35. The number of nitrogens with zero attached hydrogens (tertiary/aromatic N) is 1. The largest absolute Gasteiger partial charge is 0.484 e. The SMILES string of the molecule is Cc1cc(C)cc(OCC(=O)NN=Cc2c(F)c(F)c(F)c(F)c2F)c1. The number of ether oxygens (including phenoxy) is 1. The Hall–Kier alpha value is -2.97. The van der Waals surface area contributed by atoms with Crippen LogP contribution in [0.4, 0.5) is 22.0 Å². The molecule has 9 heteroatoms. The highest BCUT2D eigenvalue weighted by atomic mass is 19.2. The van der Waals surface area contributed by atoms with Crippen LogP contribution in [-0.4, -0.2) is 18.7 Å². The van der Waals surface area contributed by atoms with E-state index in [1.807, 2.05) is 25.3 Å². The van der Waals surface area contributed by atoms with Crippen LogP contribution in [0, 0.1) is 42.9 Å². The summed E-state index contributed by atoms with van der Waals surface area (Å²) < 4.78 is 71.0. The molecule has 2 rings (SSSR count). The van der Waals surface area contributed by atoms with Gasteiger partial charge in [0.15, 0.2) is 29.9 Å². The van der Waals surface area contributed by atoms with Gasteiger partial charge >= 0.3 is 0 Å². The molecule has 0 spiro atoms. The van der Waals surface area contributed by atoms with E-state index in [0.717, 1.165) is 11.1 Å². The first-order chi connectivity index (χ1) is 12.2. The molecule has 0 saturated carbocycles. The highest BCUT2D eigenvalue weighted by Gasteiger charge is 2.24. The molecule has 2 aromatic carbocycles. The third-order valence-electron chi connectivity index (χ3n) is 3.19. The van der Waals surface area contributed by atoms with Gasteiger partial charge in [-0.3, -0.25) is 4.79 Å². The summed E-state index contributed by atoms with van der Waals surface area (Å²) in [6, 6.07) is 5.29. The van der Waals surface area contributed by atoms with Gasteiger partial charge in [0.25, 0.3) is 5.91 Å². The fraction of sp³-hybridized carbons (Fsp3) is 0.176. The minimum Gasteiger partial charge on any atom is -0.484 e. The molecule has 0 atom stereocenters. The van der Waals surface area contributed by atoms with E-state index in [1.165, 1.54) is 0 Å². The molecule has 26 heavy (non-hydrogen) atoms. The van der Waals surface area contributed by atoms with Crippen LogP contribution in [-0.2, 0) is 4.79 Å². The normalized spacial score (nSPS) is 11.0. The van der Waals surface area contributed by atoms with Crippen LogP contribution in [0.3, 0.4) is 0 Å². The van der Waals surface area contributed by atoms with Gasteiger partial charge in [0, 0.05) is 0 Å². The first kappa shape index (κ1) is 19.4. The van der Waals surface area contributed by atoms with E-state index in [0.29, 0.717) is 12.0 Å². The highest BCUT2D eigenvalue weighted by Crippen LogP contribution is 2.21. The zero-order valence-corrected chi connectivity index (χ0v) is 13.7. The minimum atomic E-state index is -2.27. The monoisotopic (exact) mass is 372 g/mol. The lowest BCUT2D eigenvalue weighted by Crippen LogP contribution is -2.24. The molecule has 0 heterocycles. The molecule has 1 N–H and O–H groups in total. The number of nitrogens with one attached hydrogen (secondary N) is 1. The molecule has 0 aliphatic heterocycles. The van der Waals surface area contributed by atoms with E-state index in [4.69, 9.17) is 4.74 Å². The summed E-state index contributed by atoms with van der Waals surface area (Å²) in [5, 5.41) is 3.18. The van der Waals surface area contributed by atoms with Crippen LogP contribution in [0.1, 0.15) is 16.7 Å². The van der Waals surface area contributed by atoms with E-state index < -0.39 is 47.2 Å². The quantitative estimate of drug-likeness (QED) is 0.287. The van der Waals surface area contributed by atoms with Gasteiger partial charge in [0.1, 0.15) is 5.75 Å². The number of halogens is 5. The number of hydrogen-bond donors (Lipinski definition) is 1. The van der Waals surface area contributed by atoms with Crippen molar-refractivity contribution >= 4 is 12.1 Å². The summed E-state index contributed by atoms with van der Waals surface area (Å²) in [7, 11) is 0. The number of carbonyl (C=O) groups is 1. The van der Waals surface area contributed by atoms with Gasteiger partial charge in [-0.1, -0.05) is 6.07 Å². The molecular formula is C17H13F5N2O2. The molecule has 2 aromatic rings. The van der Waals surface area contributed by atoms with Crippen LogP contribution in [0.5, 0.6) is 5.75 Å². The molecule has 0 radical (unpaired) electrons. The van der Waals surface area contributed by atoms with Crippen LogP contribution >= 0.6 is 0 Å². The fourth-order valence-electron chi connectivity index (χ4n) is 2.10. The van der Waals surface area contributed by atoms with Crippen molar-refractivity contribution in [2.45, 2.75) is 13.8 Å². The lowest BCUT2D eigenvalue weighted by Gasteiger charge is -2.07. The van der Waals surface area contributed by atoms with E-state index in [-0.39, 0.29) is 0 Å². The van der Waals surface area contributed by atoms with Gasteiger partial charge in [-0.25, -0.2) is 27.4 Å². The zero-order chi connectivity index (χ0) is 19.4. The Morgan fingerprint density at radius 1 is 0.962 bits per heavy atom. The maximum absolute atomic E-state index is 13.4. The lowest BCUT2D eigenvalue weighted by molar-refractivity contribution is -0.123. The van der Waals surface area contributed by atoms with E-state index in [1.54, 1.807) is 12.1 Å². The lowest BCUT2D eigenvalue weighted by atomic mass is 10.1. The number of aryl methyl sites for hydroxylation is 2. The van der Waals surface area contributed by atoms with Gasteiger partial charge in [-0.15, -0.1) is 0 Å². The Morgan fingerprint density at radius 3 is 2.00 bits per heavy atom. The van der Waals surface area contributed by atoms with Gasteiger partial charge < -0.3 is 4.74 Å². The molecule has 4 nitrogen and oxygen atoms in total. The predicted octanol–water partition coefficient (Wildman–Crippen LogP) is 3.53. The first-order valence-corrected chi connectivity index (χ1v) is 7.25. The molecule has 138 valence electrons. The third-order valence-corrected chi connectivity index (χ3v) is 3.19. The molecule has 0 unspecified atom stereocenters. The van der Waals surface area contributed by atoms with Crippen molar-refractivity contribution in [2.75, 3.05) is 6.61 Å². The summed E-state index contributed by atoms with van der Waals surface area (Å²) in [6.45, 7) is 3.22. The maximum Gasteiger partial charge on any atom is 0.277 e. The minimum absolute atomic E-state index is 0.324. The molecule has 0 fully saturated rings. The molecule has 0 aliphatic rings. The molecule has 0 saturated heterocycles. The molecule has 0 aromatic heterocycles. The van der Waals surface area contributed by atoms with Crippen molar-refractivity contribution in [2.24, 2.45) is 5.10 Å². The Bertz CT molecular complexity index is 835. The molecule has 1 amide bonds. The smallest absolute Gasteiger partial charge is 0.277 e. The van der Waals surface area contributed by atoms with E-state index in [2.05, 4.69) is 5.10 Å². The van der Waals surface area contributed by atoms with Gasteiger partial charge in [-0.2, -0.15) is 5.10 Å². The number of amides is 1. The van der Waals surface area contributed by atoms with Gasteiger partial charge in [0.05, 0.1) is 11.8 Å². The summed E-state index contributed by atoms with van der Waals surface area (Å²) in [5.41, 5.74) is 2.45. The van der Waals surface area contributed by atoms with Crippen molar-refractivity contribution in [1.29, 1.82) is 0 Å². The van der Waals surface area contributed by atoms with Crippen molar-refractivity contribution in [1.82, 2.24) is 5.43 Å². The van der Waals surface area contributed by atoms with Crippen LogP contribution in [0.2, 0.25) is 0 Å². The maximum atomic E-state index is 13.4. The number of benzene rings is 2. The summed E-state index contributed by atoms with van der Waals surface area (Å²) in [5.74, 6) is -10.9. The Kier molecular flexibility index (Phi) is 5.91. The Balaban J connectivity index is 2.01. The predicted molar refractivity (Wildman–Crippen MR) is 83.4 cm³/mol. The van der Waals surface area contributed by atoms with E-state index >= 15 is 0 Å². The van der Waals surface area contributed by atoms with E-state index in [9.17, 15) is 26.7 Å².